The van der Waals surface area contributed by atoms with E-state index >= 15 is 0 Å². The number of carbonyl (C=O) groups is 1. The number of carbonyl (C=O) groups excluding carboxylic acids is 1. The summed E-state index contributed by atoms with van der Waals surface area (Å²) in [4.78, 5) is 22.6. The number of likely N-dealkylation sites (tertiary alicyclic amines) is 1. The predicted molar refractivity (Wildman–Crippen MR) is 115 cm³/mol. The summed E-state index contributed by atoms with van der Waals surface area (Å²) in [5.41, 5.74) is 0.0168. The number of aliphatic hydroxyl groups excluding tert-OH is 2. The van der Waals surface area contributed by atoms with Crippen molar-refractivity contribution in [3.05, 3.63) is 12.4 Å². The number of nitrogens with zero attached hydrogens (tertiary/aromatic N) is 3. The predicted octanol–water partition coefficient (Wildman–Crippen LogP) is 0.850. The van der Waals surface area contributed by atoms with E-state index in [0.717, 1.165) is 30.5 Å². The minimum atomic E-state index is -1.31. The Bertz CT molecular complexity index is 718. The van der Waals surface area contributed by atoms with Crippen molar-refractivity contribution in [2.24, 2.45) is 5.92 Å². The molecule has 0 aliphatic carbocycles. The lowest BCUT2D eigenvalue weighted by atomic mass is 9.81. The Hall–Kier alpha value is -1.20. The number of amides is 1. The van der Waals surface area contributed by atoms with Gasteiger partial charge in [-0.3, -0.25) is 4.79 Å². The lowest BCUT2D eigenvalue weighted by Crippen LogP contribution is -2.46. The molecule has 2 aliphatic rings. The van der Waals surface area contributed by atoms with Gasteiger partial charge in [-0.1, -0.05) is 11.8 Å². The lowest BCUT2D eigenvalue weighted by Gasteiger charge is -2.33. The summed E-state index contributed by atoms with van der Waals surface area (Å²) in [7, 11) is -0.464. The second-order valence-corrected chi connectivity index (χ2v) is 10.1. The average Bonchev–Trinajstić information content (AvgIpc) is 2.94. The van der Waals surface area contributed by atoms with Crippen molar-refractivity contribution >= 4 is 30.3 Å². The summed E-state index contributed by atoms with van der Waals surface area (Å²) >= 11 is 1.59. The molecule has 0 aromatic carbocycles. The summed E-state index contributed by atoms with van der Waals surface area (Å²) in [6.07, 6.45) is 5.11. The molecule has 166 valence electrons. The second kappa shape index (κ2) is 9.52. The third-order valence-electron chi connectivity index (χ3n) is 6.22. The van der Waals surface area contributed by atoms with Gasteiger partial charge >= 0.3 is 7.12 Å². The smallest absolute Gasteiger partial charge is 0.399 e. The number of aliphatic hydroxyl groups is 2. The molecule has 3 rings (SSSR count). The molecule has 0 unspecified atom stereocenters. The molecular weight excluding hydrogens is 405 g/mol. The Kier molecular flexibility index (Phi) is 7.45. The van der Waals surface area contributed by atoms with E-state index in [1.807, 2.05) is 27.7 Å². The van der Waals surface area contributed by atoms with Crippen LogP contribution in [0.3, 0.4) is 0 Å². The molecule has 0 bridgehead atoms. The van der Waals surface area contributed by atoms with Gasteiger partial charge in [0.15, 0.2) is 11.3 Å². The van der Waals surface area contributed by atoms with Crippen LogP contribution in [0.2, 0.25) is 0 Å². The monoisotopic (exact) mass is 437 g/mol. The molecule has 0 spiro atoms. The van der Waals surface area contributed by atoms with Crippen molar-refractivity contribution in [1.29, 1.82) is 0 Å². The van der Waals surface area contributed by atoms with E-state index in [2.05, 4.69) is 9.97 Å². The number of rotatable bonds is 7. The van der Waals surface area contributed by atoms with Crippen LogP contribution in [-0.2, 0) is 14.1 Å². The van der Waals surface area contributed by atoms with Gasteiger partial charge in [-0.15, -0.1) is 0 Å². The maximum absolute atomic E-state index is 12.1. The molecule has 30 heavy (non-hydrogen) atoms. The van der Waals surface area contributed by atoms with Crippen molar-refractivity contribution in [3.8, 4) is 0 Å². The first-order valence-corrected chi connectivity index (χ1v) is 11.5. The Morgan fingerprint density at radius 3 is 2.53 bits per heavy atom. The van der Waals surface area contributed by atoms with E-state index in [-0.39, 0.29) is 5.91 Å². The van der Waals surface area contributed by atoms with E-state index in [1.165, 1.54) is 0 Å². The molecule has 1 aromatic heterocycles. The van der Waals surface area contributed by atoms with Gasteiger partial charge in [0.1, 0.15) is 0 Å². The van der Waals surface area contributed by atoms with Gasteiger partial charge in [-0.05, 0) is 52.9 Å². The zero-order valence-electron chi connectivity index (χ0n) is 18.2. The molecule has 2 fully saturated rings. The summed E-state index contributed by atoms with van der Waals surface area (Å²) in [5.74, 6) is 0.854. The van der Waals surface area contributed by atoms with Crippen molar-refractivity contribution in [2.45, 2.75) is 69.4 Å². The maximum Gasteiger partial charge on any atom is 0.498 e. The first-order chi connectivity index (χ1) is 14.1. The number of hydrogen-bond acceptors (Lipinski definition) is 8. The maximum atomic E-state index is 12.1. The molecular formula is C20H32BN3O5S. The summed E-state index contributed by atoms with van der Waals surface area (Å²) in [6, 6.07) is 0. The first kappa shape index (κ1) is 23.5. The fourth-order valence-electron chi connectivity index (χ4n) is 3.61. The average molecular weight is 437 g/mol. The fraction of sp³-hybridized carbons (Fsp3) is 0.750. The molecule has 2 N–H and O–H groups in total. The van der Waals surface area contributed by atoms with Gasteiger partial charge < -0.3 is 24.4 Å². The second-order valence-electron chi connectivity index (χ2n) is 9.02. The highest BCUT2D eigenvalue weighted by atomic mass is 32.2. The fourth-order valence-corrected chi connectivity index (χ4v) is 4.50. The van der Waals surface area contributed by atoms with Crippen LogP contribution in [0.4, 0.5) is 0 Å². The van der Waals surface area contributed by atoms with Gasteiger partial charge in [0.05, 0.1) is 17.8 Å². The Morgan fingerprint density at radius 1 is 1.30 bits per heavy atom. The van der Waals surface area contributed by atoms with E-state index in [1.54, 1.807) is 29.1 Å². The molecule has 2 atom stereocenters. The van der Waals surface area contributed by atoms with Crippen molar-refractivity contribution in [1.82, 2.24) is 14.9 Å². The number of thioether (sulfide) groups is 1. The van der Waals surface area contributed by atoms with Crippen LogP contribution in [0.15, 0.2) is 17.6 Å². The van der Waals surface area contributed by atoms with Gasteiger partial charge in [-0.2, -0.15) is 0 Å². The SMILES string of the molecule is CC1(C)OB(c2cnc(SCC[C@H]3CCCN(C(=O)[C@H](O)CO)C3)nc2)OC1(C)C. The van der Waals surface area contributed by atoms with Crippen LogP contribution in [0.5, 0.6) is 0 Å². The quantitative estimate of drug-likeness (QED) is 0.368. The normalized spacial score (nSPS) is 24.1. The lowest BCUT2D eigenvalue weighted by molar-refractivity contribution is -0.144. The zero-order valence-corrected chi connectivity index (χ0v) is 19.0. The molecule has 0 saturated carbocycles. The zero-order chi connectivity index (χ0) is 21.9. The molecule has 2 saturated heterocycles. The van der Waals surface area contributed by atoms with Crippen molar-refractivity contribution < 1.29 is 24.3 Å². The van der Waals surface area contributed by atoms with Crippen LogP contribution in [0.25, 0.3) is 0 Å². The highest BCUT2D eigenvalue weighted by molar-refractivity contribution is 7.99. The summed E-state index contributed by atoms with van der Waals surface area (Å²) in [5, 5.41) is 19.3. The summed E-state index contributed by atoms with van der Waals surface area (Å²) in [6.45, 7) is 8.80. The van der Waals surface area contributed by atoms with Crippen LogP contribution in [0, 0.1) is 5.92 Å². The number of piperidine rings is 1. The molecule has 2 aliphatic heterocycles. The highest BCUT2D eigenvalue weighted by Gasteiger charge is 2.51. The number of hydrogen-bond donors (Lipinski definition) is 2. The Labute approximate surface area is 182 Å². The van der Waals surface area contributed by atoms with E-state index in [9.17, 15) is 9.90 Å². The first-order valence-electron chi connectivity index (χ1n) is 10.5. The van der Waals surface area contributed by atoms with E-state index < -0.39 is 31.0 Å². The van der Waals surface area contributed by atoms with E-state index in [0.29, 0.717) is 24.2 Å². The topological polar surface area (TPSA) is 105 Å². The van der Waals surface area contributed by atoms with Gasteiger partial charge in [0.25, 0.3) is 5.91 Å². The van der Waals surface area contributed by atoms with Crippen LogP contribution in [0.1, 0.15) is 47.0 Å². The van der Waals surface area contributed by atoms with Crippen molar-refractivity contribution in [2.75, 3.05) is 25.4 Å². The van der Waals surface area contributed by atoms with Crippen LogP contribution in [-0.4, -0.2) is 80.9 Å². The molecule has 3 heterocycles. The van der Waals surface area contributed by atoms with Gasteiger partial charge in [-0.25, -0.2) is 9.97 Å². The van der Waals surface area contributed by atoms with Gasteiger partial charge in [0, 0.05) is 36.7 Å². The Morgan fingerprint density at radius 2 is 1.93 bits per heavy atom. The standard InChI is InChI=1S/C20H32BN3O5S/c1-19(2)20(3,4)29-21(28-19)15-10-22-18(23-11-15)30-9-7-14-6-5-8-24(12-14)17(27)16(26)13-25/h10-11,14,16,25-26H,5-9,12-13H2,1-4H3/t14-,16-/m1/s1. The third-order valence-corrected chi connectivity index (χ3v) is 7.13. The molecule has 8 nitrogen and oxygen atoms in total. The highest BCUT2D eigenvalue weighted by Crippen LogP contribution is 2.36. The molecule has 10 heteroatoms. The minimum Gasteiger partial charge on any atom is -0.399 e. The molecule has 0 radical (unpaired) electrons. The van der Waals surface area contributed by atoms with Crippen LogP contribution < -0.4 is 5.46 Å². The van der Waals surface area contributed by atoms with Crippen molar-refractivity contribution in [3.63, 3.8) is 0 Å². The van der Waals surface area contributed by atoms with Gasteiger partial charge in [0.2, 0.25) is 0 Å². The molecule has 1 aromatic rings. The Balaban J connectivity index is 1.46. The molecule has 1 amide bonds. The largest absolute Gasteiger partial charge is 0.498 e. The third kappa shape index (κ3) is 5.34. The number of aromatic nitrogens is 2. The minimum absolute atomic E-state index is 0.378. The van der Waals surface area contributed by atoms with E-state index in [4.69, 9.17) is 14.4 Å². The summed E-state index contributed by atoms with van der Waals surface area (Å²) < 4.78 is 12.1. The van der Waals surface area contributed by atoms with Crippen LogP contribution >= 0.6 is 11.8 Å².